The van der Waals surface area contributed by atoms with Gasteiger partial charge in [0.25, 0.3) is 0 Å². The molecule has 0 aromatic rings. The molecule has 88 valence electrons. The van der Waals surface area contributed by atoms with E-state index < -0.39 is 11.9 Å². The Morgan fingerprint density at radius 3 is 2.56 bits per heavy atom. The average molecular weight is 223 g/mol. The van der Waals surface area contributed by atoms with Crippen molar-refractivity contribution in [1.82, 2.24) is 4.90 Å². The maximum absolute atomic E-state index is 12.1. The quantitative estimate of drug-likeness (QED) is 0.717. The minimum atomic E-state index is -0.816. The Hall–Kier alpha value is -1.32. The average Bonchev–Trinajstić information content (AvgIpc) is 2.78. The first-order chi connectivity index (χ1) is 7.70. The Balaban J connectivity index is 2.03. The Labute approximate surface area is 94.9 Å². The van der Waals surface area contributed by atoms with Crippen molar-refractivity contribution < 1.29 is 14.7 Å². The van der Waals surface area contributed by atoms with E-state index in [1.807, 2.05) is 6.08 Å². The van der Waals surface area contributed by atoms with Gasteiger partial charge >= 0.3 is 5.97 Å². The fourth-order valence-electron chi connectivity index (χ4n) is 2.63. The van der Waals surface area contributed by atoms with Crippen LogP contribution in [-0.4, -0.2) is 35.0 Å². The number of nitrogens with zero attached hydrogens (tertiary/aromatic N) is 1. The first kappa shape index (κ1) is 11.2. The second-order valence-electron chi connectivity index (χ2n) is 4.53. The number of rotatable bonds is 2. The van der Waals surface area contributed by atoms with Crippen LogP contribution in [-0.2, 0) is 9.59 Å². The fourth-order valence-corrected chi connectivity index (χ4v) is 2.63. The molecule has 0 spiro atoms. The van der Waals surface area contributed by atoms with Gasteiger partial charge in [-0.3, -0.25) is 9.59 Å². The molecular formula is C12H17NO3. The van der Waals surface area contributed by atoms with Crippen LogP contribution in [0.2, 0.25) is 0 Å². The molecule has 0 aromatic carbocycles. The monoisotopic (exact) mass is 223 g/mol. The Bertz CT molecular complexity index is 324. The lowest BCUT2D eigenvalue weighted by molar-refractivity contribution is -0.149. The molecule has 4 nitrogen and oxygen atoms in total. The minimum Gasteiger partial charge on any atom is -0.481 e. The van der Waals surface area contributed by atoms with Crippen molar-refractivity contribution in [3.05, 3.63) is 12.2 Å². The summed E-state index contributed by atoms with van der Waals surface area (Å²) in [5, 5.41) is 9.05. The topological polar surface area (TPSA) is 57.6 Å². The van der Waals surface area contributed by atoms with Crippen molar-refractivity contribution in [3.63, 3.8) is 0 Å². The highest BCUT2D eigenvalue weighted by atomic mass is 16.4. The predicted octanol–water partition coefficient (Wildman–Crippen LogP) is 1.28. The number of carbonyl (C=O) groups excluding carboxylic acids is 1. The Kier molecular flexibility index (Phi) is 3.27. The molecule has 2 atom stereocenters. The molecular weight excluding hydrogens is 206 g/mol. The zero-order valence-corrected chi connectivity index (χ0v) is 9.26. The van der Waals surface area contributed by atoms with E-state index in [9.17, 15) is 9.59 Å². The smallest absolute Gasteiger partial charge is 0.307 e. The third-order valence-electron chi connectivity index (χ3n) is 3.52. The summed E-state index contributed by atoms with van der Waals surface area (Å²) in [6.07, 6.45) is 7.16. The molecule has 4 heteroatoms. The lowest BCUT2D eigenvalue weighted by atomic mass is 9.94. The van der Waals surface area contributed by atoms with E-state index >= 15 is 0 Å². The van der Waals surface area contributed by atoms with Crippen LogP contribution in [0.3, 0.4) is 0 Å². The molecule has 0 saturated heterocycles. The van der Waals surface area contributed by atoms with Gasteiger partial charge in [-0.2, -0.15) is 0 Å². The highest BCUT2D eigenvalue weighted by molar-refractivity contribution is 5.85. The predicted molar refractivity (Wildman–Crippen MR) is 58.8 cm³/mol. The largest absolute Gasteiger partial charge is 0.481 e. The summed E-state index contributed by atoms with van der Waals surface area (Å²) in [5.41, 5.74) is 0. The molecule has 1 fully saturated rings. The Morgan fingerprint density at radius 1 is 1.19 bits per heavy atom. The van der Waals surface area contributed by atoms with Gasteiger partial charge in [0.2, 0.25) is 5.91 Å². The van der Waals surface area contributed by atoms with E-state index in [1.165, 1.54) is 0 Å². The van der Waals surface area contributed by atoms with Gasteiger partial charge in [-0.15, -0.1) is 0 Å². The third kappa shape index (κ3) is 2.10. The maximum Gasteiger partial charge on any atom is 0.307 e. The van der Waals surface area contributed by atoms with E-state index in [0.717, 1.165) is 25.8 Å². The summed E-state index contributed by atoms with van der Waals surface area (Å²) in [6, 6.07) is 0. The lowest BCUT2D eigenvalue weighted by Gasteiger charge is -2.27. The van der Waals surface area contributed by atoms with Crippen LogP contribution in [0.5, 0.6) is 0 Å². The van der Waals surface area contributed by atoms with E-state index in [4.69, 9.17) is 5.11 Å². The standard InChI is InChI=1S/C12H17NO3/c14-11(13-7-2-1-3-8-13)9-5-4-6-10(9)12(15)16/h1-2,9-10H,3-8H2,(H,15,16)/t9-,10+/m1/s1. The van der Waals surface area contributed by atoms with Gasteiger partial charge < -0.3 is 10.0 Å². The third-order valence-corrected chi connectivity index (χ3v) is 3.52. The molecule has 0 radical (unpaired) electrons. The van der Waals surface area contributed by atoms with Crippen molar-refractivity contribution in [2.24, 2.45) is 11.8 Å². The van der Waals surface area contributed by atoms with E-state index in [2.05, 4.69) is 6.08 Å². The molecule has 1 saturated carbocycles. The van der Waals surface area contributed by atoms with Crippen LogP contribution in [0, 0.1) is 11.8 Å². The molecule has 0 unspecified atom stereocenters. The highest BCUT2D eigenvalue weighted by Crippen LogP contribution is 2.33. The Morgan fingerprint density at radius 2 is 1.94 bits per heavy atom. The number of carbonyl (C=O) groups is 2. The first-order valence-electron chi connectivity index (χ1n) is 5.86. The molecule has 1 aliphatic carbocycles. The number of carboxylic acid groups (broad SMARTS) is 1. The van der Waals surface area contributed by atoms with Gasteiger partial charge in [0, 0.05) is 13.1 Å². The maximum atomic E-state index is 12.1. The van der Waals surface area contributed by atoms with Crippen molar-refractivity contribution >= 4 is 11.9 Å². The van der Waals surface area contributed by atoms with Crippen LogP contribution in [0.4, 0.5) is 0 Å². The number of carboxylic acids is 1. The number of amides is 1. The van der Waals surface area contributed by atoms with Gasteiger partial charge in [0.15, 0.2) is 0 Å². The number of hydrogen-bond donors (Lipinski definition) is 1. The summed E-state index contributed by atoms with van der Waals surface area (Å²) >= 11 is 0. The SMILES string of the molecule is O=C(O)[C@H]1CCC[C@H]1C(=O)N1CC=CCC1. The number of aliphatic carboxylic acids is 1. The second-order valence-corrected chi connectivity index (χ2v) is 4.53. The summed E-state index contributed by atoms with van der Waals surface area (Å²) in [5.74, 6) is -1.53. The van der Waals surface area contributed by atoms with Crippen molar-refractivity contribution in [2.45, 2.75) is 25.7 Å². The van der Waals surface area contributed by atoms with E-state index in [1.54, 1.807) is 4.90 Å². The van der Waals surface area contributed by atoms with Crippen molar-refractivity contribution in [3.8, 4) is 0 Å². The molecule has 1 aliphatic heterocycles. The summed E-state index contributed by atoms with van der Waals surface area (Å²) in [6.45, 7) is 1.37. The van der Waals surface area contributed by atoms with Crippen molar-refractivity contribution in [1.29, 1.82) is 0 Å². The van der Waals surface area contributed by atoms with Crippen molar-refractivity contribution in [2.75, 3.05) is 13.1 Å². The second kappa shape index (κ2) is 4.68. The van der Waals surface area contributed by atoms with E-state index in [0.29, 0.717) is 13.0 Å². The summed E-state index contributed by atoms with van der Waals surface area (Å²) < 4.78 is 0. The molecule has 2 aliphatic rings. The number of hydrogen-bond acceptors (Lipinski definition) is 2. The van der Waals surface area contributed by atoms with Crippen LogP contribution in [0.1, 0.15) is 25.7 Å². The molecule has 0 bridgehead atoms. The first-order valence-corrected chi connectivity index (χ1v) is 5.86. The molecule has 1 amide bonds. The van der Waals surface area contributed by atoms with Crippen LogP contribution >= 0.6 is 0 Å². The molecule has 16 heavy (non-hydrogen) atoms. The lowest BCUT2D eigenvalue weighted by Crippen LogP contribution is -2.40. The normalized spacial score (nSPS) is 29.4. The van der Waals surface area contributed by atoms with Gasteiger partial charge in [0.1, 0.15) is 0 Å². The summed E-state index contributed by atoms with van der Waals surface area (Å²) in [7, 11) is 0. The summed E-state index contributed by atoms with van der Waals surface area (Å²) in [4.78, 5) is 24.9. The van der Waals surface area contributed by atoms with Gasteiger partial charge in [-0.1, -0.05) is 18.6 Å². The fraction of sp³-hybridized carbons (Fsp3) is 0.667. The minimum absolute atomic E-state index is 0.0363. The van der Waals surface area contributed by atoms with Crippen LogP contribution in [0.15, 0.2) is 12.2 Å². The van der Waals surface area contributed by atoms with E-state index in [-0.39, 0.29) is 11.8 Å². The zero-order chi connectivity index (χ0) is 11.5. The van der Waals surface area contributed by atoms with Gasteiger partial charge in [0.05, 0.1) is 11.8 Å². The zero-order valence-electron chi connectivity index (χ0n) is 9.26. The molecule has 2 rings (SSSR count). The molecule has 1 heterocycles. The van der Waals surface area contributed by atoms with Gasteiger partial charge in [-0.05, 0) is 19.3 Å². The van der Waals surface area contributed by atoms with Crippen LogP contribution < -0.4 is 0 Å². The van der Waals surface area contributed by atoms with Crippen LogP contribution in [0.25, 0.3) is 0 Å². The molecule has 0 aromatic heterocycles. The molecule has 1 N–H and O–H groups in total. The highest BCUT2D eigenvalue weighted by Gasteiger charge is 2.39. The van der Waals surface area contributed by atoms with Gasteiger partial charge in [-0.25, -0.2) is 0 Å².